The Balaban J connectivity index is 1.28. The summed E-state index contributed by atoms with van der Waals surface area (Å²) < 4.78 is 11.0. The normalized spacial score (nSPS) is 25.7. The molecule has 0 spiro atoms. The molecule has 3 aromatic rings. The molecule has 0 unspecified atom stereocenters. The first-order valence-electron chi connectivity index (χ1n) is 16.2. The molecule has 3 aliphatic heterocycles. The summed E-state index contributed by atoms with van der Waals surface area (Å²) >= 11 is 6.47. The van der Waals surface area contributed by atoms with Gasteiger partial charge in [0.05, 0.1) is 37.5 Å². The molecule has 7 rings (SSSR count). The summed E-state index contributed by atoms with van der Waals surface area (Å²) in [7, 11) is 0. The van der Waals surface area contributed by atoms with Gasteiger partial charge in [0.15, 0.2) is 0 Å². The third-order valence-electron chi connectivity index (χ3n) is 10.6. The second-order valence-electron chi connectivity index (χ2n) is 13.0. The van der Waals surface area contributed by atoms with Gasteiger partial charge in [-0.1, -0.05) is 37.3 Å². The standard InChI is InChI=1S/C34H41ClN4O5/c35-24-7-8-29-27(20-24)26-10-12-39-32(41)23(19-30(40)36-21-25-6-3-15-44-25)18-28(33(42)38-13-16-43-17-14-38)34(39,31(26)37-29)11-9-22-4-1-2-5-22/h3,6-8,15,20,22-23,28,37H,1-2,4-5,9-14,16-19,21H2,(H,36,40)/t23-,28-,34+/m1/s1. The van der Waals surface area contributed by atoms with Crippen LogP contribution in [0.2, 0.25) is 5.02 Å². The fourth-order valence-electron chi connectivity index (χ4n) is 8.41. The van der Waals surface area contributed by atoms with Gasteiger partial charge in [-0.25, -0.2) is 0 Å². The van der Waals surface area contributed by atoms with Gasteiger partial charge < -0.3 is 29.3 Å². The number of carbonyl (C=O) groups is 3. The molecular formula is C34H41ClN4O5. The van der Waals surface area contributed by atoms with Crippen molar-refractivity contribution in [2.24, 2.45) is 17.8 Å². The number of aromatic amines is 1. The van der Waals surface area contributed by atoms with Gasteiger partial charge >= 0.3 is 0 Å². The lowest BCUT2D eigenvalue weighted by Gasteiger charge is -2.56. The number of amides is 3. The molecule has 1 aliphatic carbocycles. The molecule has 0 radical (unpaired) electrons. The molecule has 44 heavy (non-hydrogen) atoms. The minimum atomic E-state index is -0.810. The van der Waals surface area contributed by atoms with Crippen LogP contribution in [-0.2, 0) is 37.6 Å². The molecule has 9 nitrogen and oxygen atoms in total. The van der Waals surface area contributed by atoms with Crippen molar-refractivity contribution in [1.82, 2.24) is 20.1 Å². The topological polar surface area (TPSA) is 108 Å². The Morgan fingerprint density at radius 3 is 2.70 bits per heavy atom. The number of nitrogens with zero attached hydrogens (tertiary/aromatic N) is 2. The van der Waals surface area contributed by atoms with Crippen LogP contribution < -0.4 is 5.32 Å². The average Bonchev–Trinajstić information content (AvgIpc) is 3.82. The SMILES string of the molecule is O=C(C[C@H]1C[C@H](C(=O)N2CCOCC2)[C@@]2(CCC3CCCC3)c3[nH]c4ccc(Cl)cc4c3CCN2C1=O)NCc1ccco1. The Labute approximate surface area is 262 Å². The number of morpholine rings is 1. The van der Waals surface area contributed by atoms with Gasteiger partial charge in [0.1, 0.15) is 5.76 Å². The van der Waals surface area contributed by atoms with Crippen molar-refractivity contribution in [3.05, 3.63) is 58.6 Å². The number of benzene rings is 1. The number of fused-ring (bicyclic) bond motifs is 5. The largest absolute Gasteiger partial charge is 0.467 e. The lowest BCUT2D eigenvalue weighted by atomic mass is 9.64. The van der Waals surface area contributed by atoms with E-state index in [1.165, 1.54) is 25.7 Å². The maximum atomic E-state index is 14.7. The van der Waals surface area contributed by atoms with Gasteiger partial charge in [0, 0.05) is 53.6 Å². The molecule has 1 saturated carbocycles. The molecule has 3 atom stereocenters. The Bertz CT molecular complexity index is 1520. The molecule has 2 N–H and O–H groups in total. The third-order valence-corrected chi connectivity index (χ3v) is 10.8. The van der Waals surface area contributed by atoms with Gasteiger partial charge in [0.25, 0.3) is 0 Å². The van der Waals surface area contributed by atoms with E-state index in [9.17, 15) is 14.4 Å². The smallest absolute Gasteiger partial charge is 0.228 e. The van der Waals surface area contributed by atoms with Crippen molar-refractivity contribution >= 4 is 40.2 Å². The molecule has 2 aromatic heterocycles. The summed E-state index contributed by atoms with van der Waals surface area (Å²) in [5.74, 6) is -0.00184. The van der Waals surface area contributed by atoms with Crippen molar-refractivity contribution in [3.63, 3.8) is 0 Å². The van der Waals surface area contributed by atoms with E-state index in [0.717, 1.165) is 35.0 Å². The predicted octanol–water partition coefficient (Wildman–Crippen LogP) is 5.17. The molecule has 0 bridgehead atoms. The number of hydrogen-bond donors (Lipinski definition) is 2. The molecule has 2 saturated heterocycles. The van der Waals surface area contributed by atoms with Crippen molar-refractivity contribution in [1.29, 1.82) is 0 Å². The molecule has 5 heterocycles. The number of H-pyrrole nitrogens is 1. The molecular weight excluding hydrogens is 580 g/mol. The molecule has 4 aliphatic rings. The van der Waals surface area contributed by atoms with E-state index in [0.29, 0.717) is 62.4 Å². The van der Waals surface area contributed by atoms with Crippen molar-refractivity contribution in [3.8, 4) is 0 Å². The number of nitrogens with one attached hydrogen (secondary N) is 2. The van der Waals surface area contributed by atoms with E-state index in [2.05, 4.69) is 10.3 Å². The second-order valence-corrected chi connectivity index (χ2v) is 13.4. The molecule has 234 valence electrons. The summed E-state index contributed by atoms with van der Waals surface area (Å²) in [6.45, 7) is 2.85. The summed E-state index contributed by atoms with van der Waals surface area (Å²) in [5, 5.41) is 4.64. The van der Waals surface area contributed by atoms with E-state index in [-0.39, 0.29) is 30.7 Å². The van der Waals surface area contributed by atoms with Gasteiger partial charge in [-0.2, -0.15) is 0 Å². The maximum Gasteiger partial charge on any atom is 0.228 e. The molecule has 1 aromatic carbocycles. The van der Waals surface area contributed by atoms with E-state index in [1.54, 1.807) is 18.4 Å². The molecule has 3 amide bonds. The first-order valence-corrected chi connectivity index (χ1v) is 16.6. The summed E-state index contributed by atoms with van der Waals surface area (Å²) in [6, 6.07) is 9.47. The third kappa shape index (κ3) is 5.32. The number of furan rings is 1. The first-order chi connectivity index (χ1) is 21.4. The van der Waals surface area contributed by atoms with E-state index < -0.39 is 17.4 Å². The zero-order chi connectivity index (χ0) is 30.3. The number of rotatable bonds is 8. The summed E-state index contributed by atoms with van der Waals surface area (Å²) in [5.41, 5.74) is 2.31. The van der Waals surface area contributed by atoms with Crippen LogP contribution in [0.15, 0.2) is 41.0 Å². The number of ether oxygens (including phenoxy) is 1. The minimum absolute atomic E-state index is 0.0297. The second kappa shape index (κ2) is 12.2. The quantitative estimate of drug-likeness (QED) is 0.361. The molecule has 10 heteroatoms. The van der Waals surface area contributed by atoms with Crippen molar-refractivity contribution in [2.75, 3.05) is 32.8 Å². The van der Waals surface area contributed by atoms with Gasteiger partial charge in [-0.15, -0.1) is 0 Å². The summed E-state index contributed by atoms with van der Waals surface area (Å²) in [6.07, 6.45) is 9.15. The summed E-state index contributed by atoms with van der Waals surface area (Å²) in [4.78, 5) is 50.0. The fraction of sp³-hybridized carbons (Fsp3) is 0.559. The lowest BCUT2D eigenvalue weighted by Crippen LogP contribution is -2.66. The Hall–Kier alpha value is -3.30. The van der Waals surface area contributed by atoms with Crippen molar-refractivity contribution in [2.45, 2.75) is 69.9 Å². The highest BCUT2D eigenvalue weighted by Gasteiger charge is 2.59. The van der Waals surface area contributed by atoms with Crippen LogP contribution in [0.5, 0.6) is 0 Å². The zero-order valence-corrected chi connectivity index (χ0v) is 25.9. The number of aromatic nitrogens is 1. The van der Waals surface area contributed by atoms with Crippen LogP contribution in [0.4, 0.5) is 0 Å². The Kier molecular flexibility index (Phi) is 8.18. The zero-order valence-electron chi connectivity index (χ0n) is 25.1. The van der Waals surface area contributed by atoms with Crippen LogP contribution in [0.25, 0.3) is 10.9 Å². The van der Waals surface area contributed by atoms with E-state index in [1.807, 2.05) is 28.0 Å². The van der Waals surface area contributed by atoms with Gasteiger partial charge in [0.2, 0.25) is 17.7 Å². The Morgan fingerprint density at radius 2 is 1.93 bits per heavy atom. The Morgan fingerprint density at radius 1 is 1.11 bits per heavy atom. The van der Waals surface area contributed by atoms with E-state index in [4.69, 9.17) is 20.8 Å². The number of piperidine rings is 1. The minimum Gasteiger partial charge on any atom is -0.467 e. The van der Waals surface area contributed by atoms with Crippen molar-refractivity contribution < 1.29 is 23.5 Å². The monoisotopic (exact) mass is 620 g/mol. The van der Waals surface area contributed by atoms with E-state index >= 15 is 0 Å². The van der Waals surface area contributed by atoms with Crippen LogP contribution in [-0.4, -0.2) is 65.4 Å². The van der Waals surface area contributed by atoms with Crippen LogP contribution in [0.1, 0.15) is 68.4 Å². The first kappa shape index (κ1) is 29.4. The highest BCUT2D eigenvalue weighted by atomic mass is 35.5. The lowest BCUT2D eigenvalue weighted by molar-refractivity contribution is -0.169. The van der Waals surface area contributed by atoms with Crippen LogP contribution in [0, 0.1) is 17.8 Å². The highest BCUT2D eigenvalue weighted by Crippen LogP contribution is 2.54. The maximum absolute atomic E-state index is 14.7. The number of carbonyl (C=O) groups excluding carboxylic acids is 3. The number of halogens is 1. The van der Waals surface area contributed by atoms with Crippen LogP contribution >= 0.6 is 11.6 Å². The predicted molar refractivity (Wildman–Crippen MR) is 166 cm³/mol. The number of hydrogen-bond acceptors (Lipinski definition) is 5. The van der Waals surface area contributed by atoms with Gasteiger partial charge in [-0.05, 0) is 67.5 Å². The molecule has 3 fully saturated rings. The highest BCUT2D eigenvalue weighted by molar-refractivity contribution is 6.31. The van der Waals surface area contributed by atoms with Crippen LogP contribution in [0.3, 0.4) is 0 Å². The fourth-order valence-corrected chi connectivity index (χ4v) is 8.58. The average molecular weight is 621 g/mol. The van der Waals surface area contributed by atoms with Gasteiger partial charge in [-0.3, -0.25) is 14.4 Å².